The Labute approximate surface area is 185 Å². The number of carbonyl (C=O) groups excluding carboxylic acids is 1. The highest BCUT2D eigenvalue weighted by Gasteiger charge is 2.28. The topological polar surface area (TPSA) is 88.3 Å². The molecule has 1 amide bonds. The Bertz CT molecular complexity index is 1140. The SMILES string of the molecule is Cn1cnc(C(=O)N(Cc2ccc(F)c(-c3cccc(C(=O)O)c3)c2)C2CCCCC2)n1. The van der Waals surface area contributed by atoms with Gasteiger partial charge in [0.1, 0.15) is 12.1 Å². The number of halogens is 1. The van der Waals surface area contributed by atoms with E-state index in [1.807, 2.05) is 0 Å². The van der Waals surface area contributed by atoms with Crippen molar-refractivity contribution in [2.24, 2.45) is 7.05 Å². The molecule has 4 rings (SSSR count). The minimum absolute atomic E-state index is 0.0731. The number of carbonyl (C=O) groups is 2. The highest BCUT2D eigenvalue weighted by atomic mass is 19.1. The Kier molecular flexibility index (Phi) is 6.30. The van der Waals surface area contributed by atoms with Crippen LogP contribution in [0, 0.1) is 5.82 Å². The summed E-state index contributed by atoms with van der Waals surface area (Å²) in [7, 11) is 1.71. The summed E-state index contributed by atoms with van der Waals surface area (Å²) in [5, 5.41) is 13.4. The third-order valence-electron chi connectivity index (χ3n) is 5.87. The second-order valence-corrected chi connectivity index (χ2v) is 8.17. The standard InChI is InChI=1S/C24H25FN4O3/c1-28-15-26-22(27-28)23(30)29(19-8-3-2-4-9-19)14-16-10-11-21(25)20(12-16)17-6-5-7-18(13-17)24(31)32/h5-7,10-13,15,19H,2-4,8-9,14H2,1H3,(H,31,32). The third kappa shape index (κ3) is 4.69. The number of aryl methyl sites for hydroxylation is 1. The first kappa shape index (κ1) is 21.7. The van der Waals surface area contributed by atoms with Crippen LogP contribution in [0.2, 0.25) is 0 Å². The van der Waals surface area contributed by atoms with Crippen molar-refractivity contribution in [2.75, 3.05) is 0 Å². The van der Waals surface area contributed by atoms with E-state index >= 15 is 0 Å². The van der Waals surface area contributed by atoms with Gasteiger partial charge in [-0.2, -0.15) is 0 Å². The first-order valence-electron chi connectivity index (χ1n) is 10.7. The first-order chi connectivity index (χ1) is 15.4. The summed E-state index contributed by atoms with van der Waals surface area (Å²) in [5.74, 6) is -1.61. The number of nitrogens with zero attached hydrogens (tertiary/aromatic N) is 4. The van der Waals surface area contributed by atoms with E-state index in [0.29, 0.717) is 17.7 Å². The molecule has 1 aliphatic carbocycles. The molecule has 0 bridgehead atoms. The lowest BCUT2D eigenvalue weighted by Gasteiger charge is -2.34. The van der Waals surface area contributed by atoms with Crippen LogP contribution >= 0.6 is 0 Å². The van der Waals surface area contributed by atoms with Crippen LogP contribution in [-0.2, 0) is 13.6 Å². The molecule has 1 aliphatic rings. The van der Waals surface area contributed by atoms with E-state index in [4.69, 9.17) is 0 Å². The number of rotatable bonds is 6. The summed E-state index contributed by atoms with van der Waals surface area (Å²) >= 11 is 0. The van der Waals surface area contributed by atoms with E-state index in [-0.39, 0.29) is 23.3 Å². The average Bonchev–Trinajstić information content (AvgIpc) is 3.25. The fourth-order valence-corrected chi connectivity index (χ4v) is 4.23. The lowest BCUT2D eigenvalue weighted by Crippen LogP contribution is -2.41. The fraction of sp³-hybridized carbons (Fsp3) is 0.333. The van der Waals surface area contributed by atoms with Crippen LogP contribution in [-0.4, -0.2) is 42.7 Å². The van der Waals surface area contributed by atoms with Crippen molar-refractivity contribution in [3.63, 3.8) is 0 Å². The molecular formula is C24H25FN4O3. The second kappa shape index (κ2) is 9.30. The van der Waals surface area contributed by atoms with Crippen molar-refractivity contribution in [3.05, 3.63) is 71.6 Å². The van der Waals surface area contributed by atoms with Gasteiger partial charge in [0, 0.05) is 25.2 Å². The smallest absolute Gasteiger partial charge is 0.335 e. The Morgan fingerprint density at radius 2 is 1.94 bits per heavy atom. The quantitative estimate of drug-likeness (QED) is 0.623. The van der Waals surface area contributed by atoms with Crippen LogP contribution in [0.3, 0.4) is 0 Å². The van der Waals surface area contributed by atoms with Gasteiger partial charge in [-0.15, -0.1) is 5.10 Å². The highest BCUT2D eigenvalue weighted by molar-refractivity contribution is 5.91. The monoisotopic (exact) mass is 436 g/mol. The lowest BCUT2D eigenvalue weighted by atomic mass is 9.93. The minimum Gasteiger partial charge on any atom is -0.478 e. The van der Waals surface area contributed by atoms with E-state index in [9.17, 15) is 19.1 Å². The normalized spacial score (nSPS) is 14.3. The molecule has 0 spiro atoms. The van der Waals surface area contributed by atoms with Gasteiger partial charge in [-0.05, 0) is 48.2 Å². The van der Waals surface area contributed by atoms with Gasteiger partial charge >= 0.3 is 5.97 Å². The second-order valence-electron chi connectivity index (χ2n) is 8.17. The predicted octanol–water partition coefficient (Wildman–Crippen LogP) is 4.29. The van der Waals surface area contributed by atoms with E-state index in [0.717, 1.165) is 37.7 Å². The third-order valence-corrected chi connectivity index (χ3v) is 5.87. The van der Waals surface area contributed by atoms with Gasteiger partial charge < -0.3 is 10.0 Å². The summed E-state index contributed by atoms with van der Waals surface area (Å²) in [5.41, 5.74) is 1.63. The zero-order valence-corrected chi connectivity index (χ0v) is 17.9. The summed E-state index contributed by atoms with van der Waals surface area (Å²) < 4.78 is 16.2. The van der Waals surface area contributed by atoms with Crippen molar-refractivity contribution in [2.45, 2.75) is 44.7 Å². The molecule has 1 heterocycles. The van der Waals surface area contributed by atoms with Crippen LogP contribution in [0.1, 0.15) is 58.6 Å². The van der Waals surface area contributed by atoms with Gasteiger partial charge in [0.05, 0.1) is 5.56 Å². The number of carboxylic acids is 1. The van der Waals surface area contributed by atoms with Crippen molar-refractivity contribution >= 4 is 11.9 Å². The summed E-state index contributed by atoms with van der Waals surface area (Å²) in [4.78, 5) is 30.5. The maximum absolute atomic E-state index is 14.7. The molecule has 1 N–H and O–H groups in total. The number of aromatic carboxylic acids is 1. The summed E-state index contributed by atoms with van der Waals surface area (Å²) in [6, 6.07) is 11.0. The molecule has 2 aromatic carbocycles. The van der Waals surface area contributed by atoms with Gasteiger partial charge in [-0.25, -0.2) is 14.2 Å². The molecule has 0 saturated heterocycles. The van der Waals surface area contributed by atoms with E-state index < -0.39 is 11.8 Å². The molecule has 0 aliphatic heterocycles. The Hall–Kier alpha value is -3.55. The van der Waals surface area contributed by atoms with Crippen LogP contribution in [0.4, 0.5) is 4.39 Å². The van der Waals surface area contributed by atoms with Gasteiger partial charge in [-0.1, -0.05) is 37.5 Å². The van der Waals surface area contributed by atoms with E-state index in [2.05, 4.69) is 10.1 Å². The van der Waals surface area contributed by atoms with Gasteiger partial charge in [0.15, 0.2) is 0 Å². The number of aromatic nitrogens is 3. The van der Waals surface area contributed by atoms with Crippen molar-refractivity contribution in [1.29, 1.82) is 0 Å². The summed E-state index contributed by atoms with van der Waals surface area (Å²) in [6.07, 6.45) is 6.58. The molecule has 1 saturated carbocycles. The average molecular weight is 436 g/mol. The van der Waals surface area contributed by atoms with Gasteiger partial charge in [0.25, 0.3) is 5.91 Å². The molecule has 8 heteroatoms. The number of carboxylic acid groups (broad SMARTS) is 1. The van der Waals surface area contributed by atoms with E-state index in [1.165, 1.54) is 29.2 Å². The molecule has 1 fully saturated rings. The van der Waals surface area contributed by atoms with Crippen LogP contribution in [0.5, 0.6) is 0 Å². The van der Waals surface area contributed by atoms with Crippen LogP contribution < -0.4 is 0 Å². The van der Waals surface area contributed by atoms with Crippen molar-refractivity contribution in [1.82, 2.24) is 19.7 Å². The first-order valence-corrected chi connectivity index (χ1v) is 10.7. The Morgan fingerprint density at radius 1 is 1.16 bits per heavy atom. The lowest BCUT2D eigenvalue weighted by molar-refractivity contribution is 0.0600. The summed E-state index contributed by atoms with van der Waals surface area (Å²) in [6.45, 7) is 0.299. The highest BCUT2D eigenvalue weighted by Crippen LogP contribution is 2.28. The Morgan fingerprint density at radius 3 is 2.62 bits per heavy atom. The number of hydrogen-bond acceptors (Lipinski definition) is 4. The maximum atomic E-state index is 14.7. The zero-order chi connectivity index (χ0) is 22.7. The molecule has 1 aromatic heterocycles. The number of hydrogen-bond donors (Lipinski definition) is 1. The molecule has 0 unspecified atom stereocenters. The van der Waals surface area contributed by atoms with E-state index in [1.54, 1.807) is 36.2 Å². The number of benzene rings is 2. The maximum Gasteiger partial charge on any atom is 0.335 e. The zero-order valence-electron chi connectivity index (χ0n) is 17.9. The van der Waals surface area contributed by atoms with Gasteiger partial charge in [0.2, 0.25) is 5.82 Å². The van der Waals surface area contributed by atoms with Gasteiger partial charge in [-0.3, -0.25) is 9.48 Å². The number of amides is 1. The largest absolute Gasteiger partial charge is 0.478 e. The molecular weight excluding hydrogens is 411 g/mol. The fourth-order valence-electron chi connectivity index (χ4n) is 4.23. The molecule has 0 radical (unpaired) electrons. The molecule has 166 valence electrons. The minimum atomic E-state index is -1.07. The van der Waals surface area contributed by atoms with Crippen molar-refractivity contribution in [3.8, 4) is 11.1 Å². The predicted molar refractivity (Wildman–Crippen MR) is 117 cm³/mol. The molecule has 32 heavy (non-hydrogen) atoms. The van der Waals surface area contributed by atoms with Crippen LogP contribution in [0.25, 0.3) is 11.1 Å². The molecule has 7 nitrogen and oxygen atoms in total. The van der Waals surface area contributed by atoms with Crippen LogP contribution in [0.15, 0.2) is 48.8 Å². The van der Waals surface area contributed by atoms with Crippen molar-refractivity contribution < 1.29 is 19.1 Å². The Balaban J connectivity index is 1.66. The molecule has 0 atom stereocenters. The molecule has 3 aromatic rings.